The summed E-state index contributed by atoms with van der Waals surface area (Å²) in [6.07, 6.45) is 0. The molecule has 9 nitrogen and oxygen atoms in total. The van der Waals surface area contributed by atoms with E-state index in [9.17, 15) is 24.1 Å². The molecule has 0 radical (unpaired) electrons. The molecule has 32 heavy (non-hydrogen) atoms. The van der Waals surface area contributed by atoms with E-state index in [1.54, 1.807) is 32.9 Å². The maximum atomic E-state index is 13.3. The van der Waals surface area contributed by atoms with Gasteiger partial charge in [0, 0.05) is 29.0 Å². The number of nitro groups is 1. The Morgan fingerprint density at radius 1 is 1.22 bits per heavy atom. The minimum absolute atomic E-state index is 0.0229. The molecule has 0 fully saturated rings. The number of aryl methyl sites for hydroxylation is 1. The van der Waals surface area contributed by atoms with E-state index in [0.717, 1.165) is 6.07 Å². The summed E-state index contributed by atoms with van der Waals surface area (Å²) in [6.45, 7) is 5.11. The number of hydrogen-bond acceptors (Lipinski definition) is 6. The fourth-order valence-electron chi connectivity index (χ4n) is 3.36. The number of aromatic nitrogens is 2. The third-order valence-electron chi connectivity index (χ3n) is 4.82. The number of rotatable bonds is 7. The molecule has 2 aromatic carbocycles. The van der Waals surface area contributed by atoms with Gasteiger partial charge < -0.3 is 10.1 Å². The molecular weight excluding hydrogens is 419 g/mol. The second-order valence-corrected chi connectivity index (χ2v) is 6.94. The van der Waals surface area contributed by atoms with E-state index < -0.39 is 28.7 Å². The molecule has 1 heterocycles. The first-order chi connectivity index (χ1) is 15.2. The van der Waals surface area contributed by atoms with Gasteiger partial charge in [-0.05, 0) is 51.1 Å². The van der Waals surface area contributed by atoms with Crippen molar-refractivity contribution >= 4 is 17.6 Å². The van der Waals surface area contributed by atoms with E-state index in [-0.39, 0.29) is 17.9 Å². The van der Waals surface area contributed by atoms with Crippen molar-refractivity contribution in [2.45, 2.75) is 26.8 Å². The number of nitrogens with one attached hydrogen (secondary N) is 1. The van der Waals surface area contributed by atoms with Crippen LogP contribution in [0.2, 0.25) is 0 Å². The number of non-ortho nitro benzene ring substituents is 1. The summed E-state index contributed by atoms with van der Waals surface area (Å²) in [4.78, 5) is 36.0. The van der Waals surface area contributed by atoms with Crippen LogP contribution < -0.4 is 5.32 Å². The lowest BCUT2D eigenvalue weighted by Crippen LogP contribution is -2.35. The molecule has 0 saturated heterocycles. The standard InChI is InChI=1S/C22H21FN4O5/c1-4-32-22(29)20(24-21(28)15-6-5-7-18(12-15)27(30)31)19-13(2)25-26(14(19)3)17-10-8-16(23)9-11-17/h5-12,20H,4H2,1-3H3,(H,24,28)/t20-/m1/s1. The minimum Gasteiger partial charge on any atom is -0.464 e. The van der Waals surface area contributed by atoms with Crippen molar-refractivity contribution in [3.05, 3.63) is 87.0 Å². The molecule has 0 aliphatic carbocycles. The predicted molar refractivity (Wildman–Crippen MR) is 113 cm³/mol. The minimum atomic E-state index is -1.20. The highest BCUT2D eigenvalue weighted by molar-refractivity contribution is 5.97. The van der Waals surface area contributed by atoms with Gasteiger partial charge in [-0.3, -0.25) is 14.9 Å². The Kier molecular flexibility index (Phi) is 6.62. The van der Waals surface area contributed by atoms with Crippen molar-refractivity contribution in [1.82, 2.24) is 15.1 Å². The van der Waals surface area contributed by atoms with Crippen molar-refractivity contribution in [3.63, 3.8) is 0 Å². The van der Waals surface area contributed by atoms with Crippen LogP contribution in [0.5, 0.6) is 0 Å². The molecule has 1 N–H and O–H groups in total. The third-order valence-corrected chi connectivity index (χ3v) is 4.82. The quantitative estimate of drug-likeness (QED) is 0.341. The fraction of sp³-hybridized carbons (Fsp3) is 0.227. The summed E-state index contributed by atoms with van der Waals surface area (Å²) in [6, 6.07) is 9.65. The predicted octanol–water partition coefficient (Wildman–Crippen LogP) is 3.57. The summed E-state index contributed by atoms with van der Waals surface area (Å²) in [5, 5.41) is 18.1. The summed E-state index contributed by atoms with van der Waals surface area (Å²) >= 11 is 0. The number of benzene rings is 2. The Morgan fingerprint density at radius 3 is 2.53 bits per heavy atom. The van der Waals surface area contributed by atoms with Crippen LogP contribution >= 0.6 is 0 Å². The molecule has 0 unspecified atom stereocenters. The second-order valence-electron chi connectivity index (χ2n) is 6.94. The number of nitrogens with zero attached hydrogens (tertiary/aromatic N) is 3. The van der Waals surface area contributed by atoms with E-state index >= 15 is 0 Å². The summed E-state index contributed by atoms with van der Waals surface area (Å²) in [5.74, 6) is -1.78. The largest absolute Gasteiger partial charge is 0.464 e. The number of esters is 1. The van der Waals surface area contributed by atoms with Gasteiger partial charge in [0.25, 0.3) is 11.6 Å². The second kappa shape index (κ2) is 9.38. The van der Waals surface area contributed by atoms with Gasteiger partial charge in [0.05, 0.1) is 22.9 Å². The van der Waals surface area contributed by atoms with Gasteiger partial charge in [0.1, 0.15) is 5.82 Å². The van der Waals surface area contributed by atoms with Crippen molar-refractivity contribution < 1.29 is 23.6 Å². The van der Waals surface area contributed by atoms with E-state index in [1.807, 2.05) is 0 Å². The average Bonchev–Trinajstić information content (AvgIpc) is 3.06. The first kappa shape index (κ1) is 22.6. The van der Waals surface area contributed by atoms with E-state index in [1.165, 1.54) is 35.0 Å². The molecule has 10 heteroatoms. The monoisotopic (exact) mass is 440 g/mol. The molecule has 1 amide bonds. The number of ether oxygens (including phenoxy) is 1. The Morgan fingerprint density at radius 2 is 1.91 bits per heavy atom. The molecule has 0 bridgehead atoms. The molecule has 1 atom stereocenters. The Bertz CT molecular complexity index is 1170. The molecule has 3 rings (SSSR count). The number of halogens is 1. The highest BCUT2D eigenvalue weighted by Gasteiger charge is 2.31. The Hall–Kier alpha value is -4.08. The van der Waals surface area contributed by atoms with Gasteiger partial charge in [-0.15, -0.1) is 0 Å². The summed E-state index contributed by atoms with van der Waals surface area (Å²) in [7, 11) is 0. The molecule has 0 aliphatic heterocycles. The number of carbonyl (C=O) groups excluding carboxylic acids is 2. The number of hydrogen-bond donors (Lipinski definition) is 1. The fourth-order valence-corrected chi connectivity index (χ4v) is 3.36. The molecular formula is C22H21FN4O5. The first-order valence-corrected chi connectivity index (χ1v) is 9.77. The first-order valence-electron chi connectivity index (χ1n) is 9.77. The smallest absolute Gasteiger partial charge is 0.333 e. The zero-order valence-corrected chi connectivity index (χ0v) is 17.7. The topological polar surface area (TPSA) is 116 Å². The summed E-state index contributed by atoms with van der Waals surface area (Å²) in [5.41, 5.74) is 1.78. The van der Waals surface area contributed by atoms with Gasteiger partial charge >= 0.3 is 5.97 Å². The third kappa shape index (κ3) is 4.64. The lowest BCUT2D eigenvalue weighted by Gasteiger charge is -2.18. The molecule has 166 valence electrons. The lowest BCUT2D eigenvalue weighted by atomic mass is 10.0. The van der Waals surface area contributed by atoms with E-state index in [4.69, 9.17) is 4.74 Å². The van der Waals surface area contributed by atoms with Gasteiger partial charge in [0.15, 0.2) is 6.04 Å². The van der Waals surface area contributed by atoms with E-state index in [2.05, 4.69) is 10.4 Å². The van der Waals surface area contributed by atoms with Crippen LogP contribution in [0.3, 0.4) is 0 Å². The lowest BCUT2D eigenvalue weighted by molar-refractivity contribution is -0.384. The van der Waals surface area contributed by atoms with Crippen LogP contribution in [0.15, 0.2) is 48.5 Å². The average molecular weight is 440 g/mol. The number of amides is 1. The van der Waals surface area contributed by atoms with Gasteiger partial charge in [-0.1, -0.05) is 6.07 Å². The van der Waals surface area contributed by atoms with Crippen molar-refractivity contribution in [1.29, 1.82) is 0 Å². The molecule has 0 aliphatic rings. The van der Waals surface area contributed by atoms with Crippen molar-refractivity contribution in [3.8, 4) is 5.69 Å². The number of nitro benzene ring substituents is 1. The van der Waals surface area contributed by atoms with Gasteiger partial charge in [-0.25, -0.2) is 13.9 Å². The highest BCUT2D eigenvalue weighted by Crippen LogP contribution is 2.26. The van der Waals surface area contributed by atoms with Crippen LogP contribution in [0.1, 0.15) is 40.3 Å². The van der Waals surface area contributed by atoms with Gasteiger partial charge in [0.2, 0.25) is 0 Å². The molecule has 0 saturated carbocycles. The Balaban J connectivity index is 2.00. The highest BCUT2D eigenvalue weighted by atomic mass is 19.1. The van der Waals surface area contributed by atoms with E-state index in [0.29, 0.717) is 22.6 Å². The van der Waals surface area contributed by atoms with Crippen molar-refractivity contribution in [2.75, 3.05) is 6.61 Å². The SMILES string of the molecule is CCOC(=O)[C@H](NC(=O)c1cccc([N+](=O)[O-])c1)c1c(C)nn(-c2ccc(F)cc2)c1C. The zero-order chi connectivity index (χ0) is 23.4. The number of carbonyl (C=O) groups is 2. The molecule has 1 aromatic heterocycles. The van der Waals surface area contributed by atoms with Crippen LogP contribution in [-0.4, -0.2) is 33.2 Å². The van der Waals surface area contributed by atoms with Crippen LogP contribution in [0.25, 0.3) is 5.69 Å². The maximum absolute atomic E-state index is 13.3. The molecule has 0 spiro atoms. The van der Waals surface area contributed by atoms with Crippen LogP contribution in [0, 0.1) is 29.8 Å². The van der Waals surface area contributed by atoms with Crippen molar-refractivity contribution in [2.24, 2.45) is 0 Å². The Labute approximate surface area is 183 Å². The summed E-state index contributed by atoms with van der Waals surface area (Å²) < 4.78 is 20.0. The van der Waals surface area contributed by atoms with Gasteiger partial charge in [-0.2, -0.15) is 5.10 Å². The normalized spacial score (nSPS) is 11.6. The van der Waals surface area contributed by atoms with Crippen LogP contribution in [0.4, 0.5) is 10.1 Å². The zero-order valence-electron chi connectivity index (χ0n) is 17.7. The molecule has 3 aromatic rings. The maximum Gasteiger partial charge on any atom is 0.333 e. The van der Waals surface area contributed by atoms with Crippen LogP contribution in [-0.2, 0) is 9.53 Å².